The van der Waals surface area contributed by atoms with Crippen molar-refractivity contribution in [3.8, 4) is 0 Å². The molecule has 0 aromatic rings. The fourth-order valence-corrected chi connectivity index (χ4v) is 2.28. The molecule has 0 spiro atoms. The molecule has 0 atom stereocenters. The minimum Gasteiger partial charge on any atom is -0.384 e. The molecular weight excluding hydrogens is 318 g/mol. The number of Topliss-reactive ketones (excluding diaryl/α,β-unsaturated/α-hetero) is 1. The van der Waals surface area contributed by atoms with Crippen molar-refractivity contribution in [3.63, 3.8) is 0 Å². The molecule has 0 aliphatic carbocycles. The van der Waals surface area contributed by atoms with Crippen LogP contribution >= 0.6 is 0 Å². The third kappa shape index (κ3) is 7.78. The molecule has 0 unspecified atom stereocenters. The number of hydrogen-bond donors (Lipinski definition) is 0. The number of amides is 2. The summed E-state index contributed by atoms with van der Waals surface area (Å²) in [6, 6.07) is 0. The first kappa shape index (κ1) is 22.4. The molecule has 0 N–H and O–H groups in total. The van der Waals surface area contributed by atoms with Crippen LogP contribution in [-0.4, -0.2) is 83.9 Å². The van der Waals surface area contributed by atoms with Crippen molar-refractivity contribution in [1.82, 2.24) is 4.90 Å². The Balaban J connectivity index is 0.000000446. The standard InChI is InChI=1S/C9H20O4.C7H7NO3/c1-10-5-9(6-11-2,7-12-3)8-13-4;1-5(9)4-8-6(10)2-3-7(8)11/h5-8H2,1-4H3;2-3H,4H2,1H3. The van der Waals surface area contributed by atoms with Crippen LogP contribution in [0.4, 0.5) is 0 Å². The molecular formula is C16H27NO7. The largest absolute Gasteiger partial charge is 0.384 e. The van der Waals surface area contributed by atoms with E-state index < -0.39 is 11.8 Å². The minimum atomic E-state index is -0.412. The number of methoxy groups -OCH3 is 4. The lowest BCUT2D eigenvalue weighted by Crippen LogP contribution is -2.40. The number of hydrogen-bond acceptors (Lipinski definition) is 7. The van der Waals surface area contributed by atoms with Crippen LogP contribution in [0.2, 0.25) is 0 Å². The van der Waals surface area contributed by atoms with Gasteiger partial charge in [-0.05, 0) is 6.92 Å². The number of ketones is 1. The first-order valence-corrected chi connectivity index (χ1v) is 7.34. The number of ether oxygens (including phenoxy) is 4. The average Bonchev–Trinajstić information content (AvgIpc) is 2.80. The van der Waals surface area contributed by atoms with Gasteiger partial charge in [-0.25, -0.2) is 0 Å². The first-order valence-electron chi connectivity index (χ1n) is 7.34. The molecule has 0 bridgehead atoms. The molecule has 0 fully saturated rings. The fraction of sp³-hybridized carbons (Fsp3) is 0.688. The highest BCUT2D eigenvalue weighted by Crippen LogP contribution is 2.19. The second-order valence-corrected chi connectivity index (χ2v) is 5.53. The summed E-state index contributed by atoms with van der Waals surface area (Å²) in [7, 11) is 6.65. The van der Waals surface area contributed by atoms with Crippen LogP contribution in [0, 0.1) is 5.41 Å². The maximum atomic E-state index is 10.8. The fourth-order valence-electron chi connectivity index (χ4n) is 2.28. The highest BCUT2D eigenvalue weighted by atomic mass is 16.5. The lowest BCUT2D eigenvalue weighted by atomic mass is 9.92. The van der Waals surface area contributed by atoms with Crippen molar-refractivity contribution in [2.75, 3.05) is 61.4 Å². The van der Waals surface area contributed by atoms with Crippen molar-refractivity contribution in [3.05, 3.63) is 12.2 Å². The number of imide groups is 1. The van der Waals surface area contributed by atoms with Gasteiger partial charge in [0.05, 0.1) is 38.4 Å². The van der Waals surface area contributed by atoms with Crippen LogP contribution in [0.3, 0.4) is 0 Å². The minimum absolute atomic E-state index is 0.120. The van der Waals surface area contributed by atoms with Gasteiger partial charge < -0.3 is 18.9 Å². The van der Waals surface area contributed by atoms with Gasteiger partial charge in [0.2, 0.25) is 0 Å². The van der Waals surface area contributed by atoms with Crippen LogP contribution in [0.5, 0.6) is 0 Å². The van der Waals surface area contributed by atoms with E-state index in [1.807, 2.05) is 0 Å². The maximum absolute atomic E-state index is 10.8. The Labute approximate surface area is 142 Å². The normalized spacial score (nSPS) is 14.0. The summed E-state index contributed by atoms with van der Waals surface area (Å²) < 4.78 is 20.5. The Morgan fingerprint density at radius 2 is 1.21 bits per heavy atom. The van der Waals surface area contributed by atoms with Gasteiger partial charge >= 0.3 is 0 Å². The van der Waals surface area contributed by atoms with Crippen molar-refractivity contribution in [2.24, 2.45) is 5.41 Å². The maximum Gasteiger partial charge on any atom is 0.254 e. The molecule has 2 amide bonds. The van der Waals surface area contributed by atoms with Gasteiger partial charge in [-0.3, -0.25) is 19.3 Å². The Bertz CT molecular complexity index is 400. The van der Waals surface area contributed by atoms with E-state index in [1.54, 1.807) is 28.4 Å². The van der Waals surface area contributed by atoms with Gasteiger partial charge in [-0.1, -0.05) is 0 Å². The van der Waals surface area contributed by atoms with E-state index in [2.05, 4.69) is 0 Å². The third-order valence-electron chi connectivity index (χ3n) is 3.08. The van der Waals surface area contributed by atoms with Gasteiger partial charge in [0.1, 0.15) is 5.78 Å². The van der Waals surface area contributed by atoms with Crippen LogP contribution in [0.25, 0.3) is 0 Å². The van der Waals surface area contributed by atoms with E-state index in [9.17, 15) is 14.4 Å². The van der Waals surface area contributed by atoms with Gasteiger partial charge in [0.25, 0.3) is 11.8 Å². The zero-order valence-electron chi connectivity index (χ0n) is 15.0. The number of rotatable bonds is 10. The third-order valence-corrected chi connectivity index (χ3v) is 3.08. The molecule has 1 heterocycles. The van der Waals surface area contributed by atoms with E-state index in [0.29, 0.717) is 26.4 Å². The highest BCUT2D eigenvalue weighted by Gasteiger charge is 2.30. The molecule has 8 nitrogen and oxygen atoms in total. The van der Waals surface area contributed by atoms with Crippen LogP contribution in [0.1, 0.15) is 6.92 Å². The Hall–Kier alpha value is -1.61. The molecule has 1 rings (SSSR count). The Morgan fingerprint density at radius 3 is 1.46 bits per heavy atom. The van der Waals surface area contributed by atoms with Crippen molar-refractivity contribution >= 4 is 17.6 Å². The molecule has 1 aliphatic heterocycles. The van der Waals surface area contributed by atoms with Crippen LogP contribution < -0.4 is 0 Å². The number of carbonyl (C=O) groups excluding carboxylic acids is 3. The summed E-state index contributed by atoms with van der Waals surface area (Å²) in [6.45, 7) is 3.50. The quantitative estimate of drug-likeness (QED) is 0.517. The topological polar surface area (TPSA) is 91.4 Å². The summed E-state index contributed by atoms with van der Waals surface area (Å²) in [6.07, 6.45) is 2.32. The molecule has 0 aromatic heterocycles. The van der Waals surface area contributed by atoms with Crippen LogP contribution in [0.15, 0.2) is 12.2 Å². The lowest BCUT2D eigenvalue weighted by Gasteiger charge is -2.30. The summed E-state index contributed by atoms with van der Waals surface area (Å²) in [4.78, 5) is 33.0. The lowest BCUT2D eigenvalue weighted by molar-refractivity contribution is -0.140. The van der Waals surface area contributed by atoms with Gasteiger partial charge in [0.15, 0.2) is 0 Å². The van der Waals surface area contributed by atoms with E-state index in [4.69, 9.17) is 18.9 Å². The molecule has 0 aromatic carbocycles. The van der Waals surface area contributed by atoms with Gasteiger partial charge in [-0.2, -0.15) is 0 Å². The van der Waals surface area contributed by atoms with E-state index >= 15 is 0 Å². The van der Waals surface area contributed by atoms with Crippen molar-refractivity contribution in [1.29, 1.82) is 0 Å². The van der Waals surface area contributed by atoms with E-state index in [1.165, 1.54) is 6.92 Å². The van der Waals surface area contributed by atoms with Gasteiger partial charge in [-0.15, -0.1) is 0 Å². The molecule has 0 saturated heterocycles. The van der Waals surface area contributed by atoms with Crippen molar-refractivity contribution < 1.29 is 33.3 Å². The van der Waals surface area contributed by atoms with E-state index in [-0.39, 0.29) is 17.7 Å². The summed E-state index contributed by atoms with van der Waals surface area (Å²) >= 11 is 0. The average molecular weight is 345 g/mol. The SMILES string of the molecule is CC(=O)CN1C(=O)C=CC1=O.COCC(COC)(COC)COC. The Morgan fingerprint density at radius 1 is 0.875 bits per heavy atom. The molecule has 0 saturated carbocycles. The zero-order valence-corrected chi connectivity index (χ0v) is 15.0. The zero-order chi connectivity index (χ0) is 18.6. The molecule has 8 heteroatoms. The molecule has 138 valence electrons. The first-order chi connectivity index (χ1) is 11.4. The predicted molar refractivity (Wildman–Crippen MR) is 86.5 cm³/mol. The highest BCUT2D eigenvalue weighted by molar-refractivity contribution is 6.14. The number of carbonyl (C=O) groups is 3. The molecule has 24 heavy (non-hydrogen) atoms. The molecule has 1 aliphatic rings. The predicted octanol–water partition coefficient (Wildman–Crippen LogP) is 0.0588. The van der Waals surface area contributed by atoms with E-state index in [0.717, 1.165) is 17.1 Å². The second kappa shape index (κ2) is 11.9. The van der Waals surface area contributed by atoms with Crippen LogP contribution in [-0.2, 0) is 33.3 Å². The second-order valence-electron chi connectivity index (χ2n) is 5.53. The summed E-state index contributed by atoms with van der Waals surface area (Å²) in [5.41, 5.74) is -0.188. The summed E-state index contributed by atoms with van der Waals surface area (Å²) in [5.74, 6) is -1.02. The smallest absolute Gasteiger partial charge is 0.254 e. The van der Waals surface area contributed by atoms with Crippen molar-refractivity contribution in [2.45, 2.75) is 6.92 Å². The monoisotopic (exact) mass is 345 g/mol. The summed E-state index contributed by atoms with van der Waals surface area (Å²) in [5, 5.41) is 0. The number of nitrogens with zero attached hydrogens (tertiary/aromatic N) is 1. The van der Waals surface area contributed by atoms with Gasteiger partial charge in [0, 0.05) is 40.6 Å². The molecule has 0 radical (unpaired) electrons. The Kier molecular flexibility index (Phi) is 11.1.